The lowest BCUT2D eigenvalue weighted by Gasteiger charge is -2.12. The Morgan fingerprint density at radius 1 is 1.00 bits per heavy atom. The number of rotatable bonds is 5. The highest BCUT2D eigenvalue weighted by molar-refractivity contribution is 5.90. The van der Waals surface area contributed by atoms with Gasteiger partial charge in [0.2, 0.25) is 5.95 Å². The van der Waals surface area contributed by atoms with E-state index in [1.807, 2.05) is 12.1 Å². The minimum atomic E-state index is -4.42. The summed E-state index contributed by atoms with van der Waals surface area (Å²) in [7, 11) is 0. The van der Waals surface area contributed by atoms with Crippen LogP contribution in [0.5, 0.6) is 0 Å². The van der Waals surface area contributed by atoms with Crippen LogP contribution in [0.1, 0.15) is 5.56 Å². The Labute approximate surface area is 141 Å². The Hall–Kier alpha value is -2.87. The molecule has 0 fully saturated rings. The van der Waals surface area contributed by atoms with Gasteiger partial charge >= 0.3 is 6.18 Å². The molecule has 0 bridgehead atoms. The van der Waals surface area contributed by atoms with Gasteiger partial charge in [-0.15, -0.1) is 0 Å². The first-order valence-electron chi connectivity index (χ1n) is 7.53. The molecule has 1 aromatic heterocycles. The molecule has 0 aliphatic rings. The molecule has 3 N–H and O–H groups in total. The fourth-order valence-corrected chi connectivity index (χ4v) is 2.34. The van der Waals surface area contributed by atoms with E-state index in [4.69, 9.17) is 5.11 Å². The van der Waals surface area contributed by atoms with Crippen molar-refractivity contribution in [3.05, 3.63) is 54.1 Å². The molecule has 0 radical (unpaired) electrons. The minimum Gasteiger partial charge on any atom is -0.395 e. The first-order chi connectivity index (χ1) is 12.0. The van der Waals surface area contributed by atoms with Gasteiger partial charge in [-0.2, -0.15) is 18.2 Å². The number of aliphatic hydroxyl groups excluding tert-OH is 1. The molecule has 2 aromatic carbocycles. The maximum absolute atomic E-state index is 12.8. The van der Waals surface area contributed by atoms with E-state index in [-0.39, 0.29) is 18.2 Å². The van der Waals surface area contributed by atoms with E-state index < -0.39 is 11.7 Å². The molecule has 3 aromatic rings. The molecule has 0 atom stereocenters. The maximum Gasteiger partial charge on any atom is 0.416 e. The van der Waals surface area contributed by atoms with Crippen molar-refractivity contribution >= 4 is 28.4 Å². The van der Waals surface area contributed by atoms with Gasteiger partial charge in [0.25, 0.3) is 0 Å². The van der Waals surface area contributed by atoms with E-state index in [0.29, 0.717) is 17.9 Å². The van der Waals surface area contributed by atoms with Gasteiger partial charge < -0.3 is 15.7 Å². The number of alkyl halides is 3. The van der Waals surface area contributed by atoms with Crippen molar-refractivity contribution in [2.24, 2.45) is 0 Å². The van der Waals surface area contributed by atoms with Crippen LogP contribution >= 0.6 is 0 Å². The van der Waals surface area contributed by atoms with Crippen LogP contribution < -0.4 is 10.6 Å². The number of para-hydroxylation sites is 1. The normalized spacial score (nSPS) is 11.5. The predicted molar refractivity (Wildman–Crippen MR) is 89.8 cm³/mol. The number of aromatic nitrogens is 2. The standard InChI is InChI=1S/C17H15F3N4O/c18-17(19,20)11-4-3-5-12(10-11)22-16-23-14-7-2-1-6-13(14)15(24-16)21-8-9-25/h1-7,10,25H,8-9H2,(H2,21,22,23,24). The molecule has 3 rings (SSSR count). The average molecular weight is 348 g/mol. The first-order valence-corrected chi connectivity index (χ1v) is 7.53. The molecule has 0 aliphatic heterocycles. The van der Waals surface area contributed by atoms with Gasteiger partial charge in [-0.25, -0.2) is 4.98 Å². The third kappa shape index (κ3) is 3.97. The lowest BCUT2D eigenvalue weighted by molar-refractivity contribution is -0.137. The summed E-state index contributed by atoms with van der Waals surface area (Å²) in [5.41, 5.74) is 0.113. The number of anilines is 3. The highest BCUT2D eigenvalue weighted by atomic mass is 19.4. The molecular weight excluding hydrogens is 333 g/mol. The Morgan fingerprint density at radius 2 is 1.80 bits per heavy atom. The topological polar surface area (TPSA) is 70.1 Å². The van der Waals surface area contributed by atoms with Crippen LogP contribution in [0.25, 0.3) is 10.9 Å². The zero-order chi connectivity index (χ0) is 17.9. The number of aliphatic hydroxyl groups is 1. The second kappa shape index (κ2) is 6.94. The van der Waals surface area contributed by atoms with Crippen molar-refractivity contribution in [3.63, 3.8) is 0 Å². The molecular formula is C17H15F3N4O. The average Bonchev–Trinajstić information content (AvgIpc) is 2.59. The summed E-state index contributed by atoms with van der Waals surface area (Å²) in [5, 5.41) is 15.5. The number of hydrogen-bond donors (Lipinski definition) is 3. The Morgan fingerprint density at radius 3 is 2.56 bits per heavy atom. The van der Waals surface area contributed by atoms with Crippen LogP contribution in [-0.4, -0.2) is 28.2 Å². The van der Waals surface area contributed by atoms with Crippen LogP contribution in [0.2, 0.25) is 0 Å². The molecule has 0 amide bonds. The Balaban J connectivity index is 1.96. The van der Waals surface area contributed by atoms with Gasteiger partial charge in [-0.1, -0.05) is 18.2 Å². The van der Waals surface area contributed by atoms with Crippen LogP contribution in [-0.2, 0) is 6.18 Å². The monoisotopic (exact) mass is 348 g/mol. The van der Waals surface area contributed by atoms with Crippen LogP contribution in [0.15, 0.2) is 48.5 Å². The molecule has 0 saturated carbocycles. The molecule has 8 heteroatoms. The number of fused-ring (bicyclic) bond motifs is 1. The molecule has 0 saturated heterocycles. The summed E-state index contributed by atoms with van der Waals surface area (Å²) in [4.78, 5) is 8.62. The van der Waals surface area contributed by atoms with Gasteiger partial charge in [0.15, 0.2) is 0 Å². The van der Waals surface area contributed by atoms with E-state index >= 15 is 0 Å². The zero-order valence-corrected chi connectivity index (χ0v) is 13.0. The summed E-state index contributed by atoms with van der Waals surface area (Å²) in [6.45, 7) is 0.221. The second-order valence-corrected chi connectivity index (χ2v) is 5.27. The maximum atomic E-state index is 12.8. The van der Waals surface area contributed by atoms with E-state index in [0.717, 1.165) is 17.5 Å². The molecule has 25 heavy (non-hydrogen) atoms. The highest BCUT2D eigenvalue weighted by Gasteiger charge is 2.30. The number of hydrogen-bond acceptors (Lipinski definition) is 5. The van der Waals surface area contributed by atoms with E-state index in [9.17, 15) is 13.2 Å². The van der Waals surface area contributed by atoms with E-state index in [2.05, 4.69) is 20.6 Å². The molecule has 0 unspecified atom stereocenters. The Bertz CT molecular complexity index is 883. The van der Waals surface area contributed by atoms with Crippen molar-refractivity contribution in [2.75, 3.05) is 23.8 Å². The van der Waals surface area contributed by atoms with Crippen molar-refractivity contribution in [1.29, 1.82) is 0 Å². The van der Waals surface area contributed by atoms with Gasteiger partial charge in [0.05, 0.1) is 17.7 Å². The van der Waals surface area contributed by atoms with Gasteiger partial charge in [-0.3, -0.25) is 0 Å². The molecule has 130 valence electrons. The summed E-state index contributed by atoms with van der Waals surface area (Å²) in [5.74, 6) is 0.660. The molecule has 1 heterocycles. The quantitative estimate of drug-likeness (QED) is 0.654. The summed E-state index contributed by atoms with van der Waals surface area (Å²) >= 11 is 0. The first kappa shape index (κ1) is 17.0. The van der Waals surface area contributed by atoms with Gasteiger partial charge in [0, 0.05) is 17.6 Å². The molecule has 0 spiro atoms. The van der Waals surface area contributed by atoms with Crippen molar-refractivity contribution < 1.29 is 18.3 Å². The lowest BCUT2D eigenvalue weighted by Crippen LogP contribution is -2.09. The zero-order valence-electron chi connectivity index (χ0n) is 13.0. The molecule has 5 nitrogen and oxygen atoms in total. The third-order valence-corrected chi connectivity index (χ3v) is 3.45. The van der Waals surface area contributed by atoms with Crippen molar-refractivity contribution in [3.8, 4) is 0 Å². The fraction of sp³-hybridized carbons (Fsp3) is 0.176. The van der Waals surface area contributed by atoms with Crippen LogP contribution in [0.3, 0.4) is 0 Å². The summed E-state index contributed by atoms with van der Waals surface area (Å²) in [6.07, 6.45) is -4.42. The lowest BCUT2D eigenvalue weighted by atomic mass is 10.2. The summed E-state index contributed by atoms with van der Waals surface area (Å²) in [6, 6.07) is 12.1. The van der Waals surface area contributed by atoms with E-state index in [1.54, 1.807) is 12.1 Å². The van der Waals surface area contributed by atoms with Gasteiger partial charge in [0.1, 0.15) is 5.82 Å². The summed E-state index contributed by atoms with van der Waals surface area (Å²) < 4.78 is 38.5. The largest absolute Gasteiger partial charge is 0.416 e. The number of nitrogens with zero attached hydrogens (tertiary/aromatic N) is 2. The van der Waals surface area contributed by atoms with Crippen molar-refractivity contribution in [2.45, 2.75) is 6.18 Å². The van der Waals surface area contributed by atoms with Crippen LogP contribution in [0, 0.1) is 0 Å². The predicted octanol–water partition coefficient (Wildman–Crippen LogP) is 3.80. The fourth-order valence-electron chi connectivity index (χ4n) is 2.34. The van der Waals surface area contributed by atoms with Crippen LogP contribution in [0.4, 0.5) is 30.6 Å². The SMILES string of the molecule is OCCNc1nc(Nc2cccc(C(F)(F)F)c2)nc2ccccc12. The second-order valence-electron chi connectivity index (χ2n) is 5.27. The number of nitrogens with one attached hydrogen (secondary N) is 2. The van der Waals surface area contributed by atoms with Gasteiger partial charge in [-0.05, 0) is 30.3 Å². The minimum absolute atomic E-state index is 0.0747. The third-order valence-electron chi connectivity index (χ3n) is 3.45. The number of benzene rings is 2. The highest BCUT2D eigenvalue weighted by Crippen LogP contribution is 2.31. The number of halogens is 3. The van der Waals surface area contributed by atoms with E-state index in [1.165, 1.54) is 12.1 Å². The van der Waals surface area contributed by atoms with Crippen molar-refractivity contribution in [1.82, 2.24) is 9.97 Å². The smallest absolute Gasteiger partial charge is 0.395 e. The Kier molecular flexibility index (Phi) is 4.71. The molecule has 0 aliphatic carbocycles.